The van der Waals surface area contributed by atoms with Crippen molar-refractivity contribution in [3.8, 4) is 28.3 Å². The third kappa shape index (κ3) is 3.75. The van der Waals surface area contributed by atoms with E-state index in [9.17, 15) is 0 Å². The van der Waals surface area contributed by atoms with Gasteiger partial charge in [0, 0.05) is 63.2 Å². The summed E-state index contributed by atoms with van der Waals surface area (Å²) in [5.74, 6) is 0.753. The fraction of sp³-hybridized carbons (Fsp3) is 0. The molecule has 0 unspecified atom stereocenters. The third-order valence-corrected chi connectivity index (χ3v) is 11.0. The standard InChI is InChI=1S/C40H23N3S2/c1-2-10-25(11-3-1)39-41-38(37-29-14-6-9-17-35(29)45-40(37)42-39)24-18-20-26(21-19-24)43-32-15-7-4-12-27(32)30-22-31-28-13-5-8-16-34(28)44-36(31)23-33(30)43/h1-23H. The van der Waals surface area contributed by atoms with Crippen LogP contribution in [0.25, 0.3) is 90.6 Å². The topological polar surface area (TPSA) is 30.7 Å². The van der Waals surface area contributed by atoms with E-state index in [1.807, 2.05) is 29.5 Å². The van der Waals surface area contributed by atoms with Gasteiger partial charge in [0.25, 0.3) is 0 Å². The molecule has 0 saturated carbocycles. The van der Waals surface area contributed by atoms with E-state index in [4.69, 9.17) is 9.97 Å². The van der Waals surface area contributed by atoms with Gasteiger partial charge in [0.05, 0.1) is 16.7 Å². The quantitative estimate of drug-likeness (QED) is 0.199. The summed E-state index contributed by atoms with van der Waals surface area (Å²) in [5, 5.41) is 7.51. The number of para-hydroxylation sites is 1. The van der Waals surface area contributed by atoms with Crippen molar-refractivity contribution in [1.82, 2.24) is 14.5 Å². The average Bonchev–Trinajstić information content (AvgIpc) is 3.76. The lowest BCUT2D eigenvalue weighted by Gasteiger charge is -2.11. The van der Waals surface area contributed by atoms with Gasteiger partial charge in [0.15, 0.2) is 5.82 Å². The Kier molecular flexibility index (Phi) is 5.32. The van der Waals surface area contributed by atoms with Gasteiger partial charge in [0.1, 0.15) is 4.83 Å². The summed E-state index contributed by atoms with van der Waals surface area (Å²) in [6.45, 7) is 0. The second-order valence-corrected chi connectivity index (χ2v) is 13.5. The predicted octanol–water partition coefficient (Wildman–Crippen LogP) is 11.6. The lowest BCUT2D eigenvalue weighted by molar-refractivity contribution is 1.18. The van der Waals surface area contributed by atoms with E-state index in [-0.39, 0.29) is 0 Å². The minimum Gasteiger partial charge on any atom is -0.309 e. The molecule has 0 bridgehead atoms. The van der Waals surface area contributed by atoms with Gasteiger partial charge >= 0.3 is 0 Å². The van der Waals surface area contributed by atoms with Crippen LogP contribution in [0.5, 0.6) is 0 Å². The van der Waals surface area contributed by atoms with Crippen LogP contribution in [0.1, 0.15) is 0 Å². The lowest BCUT2D eigenvalue weighted by atomic mass is 10.0. The van der Waals surface area contributed by atoms with Crippen LogP contribution in [0, 0.1) is 0 Å². The van der Waals surface area contributed by atoms with E-state index in [2.05, 4.69) is 126 Å². The minimum absolute atomic E-state index is 0.753. The zero-order valence-electron chi connectivity index (χ0n) is 23.9. The number of hydrogen-bond acceptors (Lipinski definition) is 4. The number of fused-ring (bicyclic) bond motifs is 9. The highest BCUT2D eigenvalue weighted by atomic mass is 32.1. The maximum Gasteiger partial charge on any atom is 0.161 e. The smallest absolute Gasteiger partial charge is 0.161 e. The van der Waals surface area contributed by atoms with E-state index in [1.54, 1.807) is 11.3 Å². The normalized spacial score (nSPS) is 12.0. The maximum absolute atomic E-state index is 5.20. The molecule has 0 aliphatic rings. The van der Waals surface area contributed by atoms with Crippen LogP contribution in [-0.4, -0.2) is 14.5 Å². The Morgan fingerprint density at radius 2 is 1.13 bits per heavy atom. The molecule has 0 saturated heterocycles. The summed E-state index contributed by atoms with van der Waals surface area (Å²) in [7, 11) is 0. The first kappa shape index (κ1) is 25.0. The molecule has 0 fully saturated rings. The Hall–Kier alpha value is -5.36. The van der Waals surface area contributed by atoms with Crippen molar-refractivity contribution >= 4 is 85.0 Å². The molecule has 10 aromatic rings. The summed E-state index contributed by atoms with van der Waals surface area (Å²) in [4.78, 5) is 11.3. The molecule has 6 aromatic carbocycles. The van der Waals surface area contributed by atoms with Crippen LogP contribution in [0.4, 0.5) is 0 Å². The summed E-state index contributed by atoms with van der Waals surface area (Å²) >= 11 is 3.60. The van der Waals surface area contributed by atoms with E-state index in [0.29, 0.717) is 0 Å². The first-order chi connectivity index (χ1) is 22.3. The van der Waals surface area contributed by atoms with Crippen LogP contribution >= 0.6 is 22.7 Å². The number of hydrogen-bond donors (Lipinski definition) is 0. The zero-order valence-corrected chi connectivity index (χ0v) is 25.6. The molecule has 0 amide bonds. The number of benzene rings is 6. The molecule has 0 radical (unpaired) electrons. The first-order valence-electron chi connectivity index (χ1n) is 15.0. The van der Waals surface area contributed by atoms with E-state index < -0.39 is 0 Å². The molecule has 0 spiro atoms. The highest BCUT2D eigenvalue weighted by Gasteiger charge is 2.18. The molecule has 4 heterocycles. The molecule has 3 nitrogen and oxygen atoms in total. The van der Waals surface area contributed by atoms with Crippen LogP contribution in [-0.2, 0) is 0 Å². The van der Waals surface area contributed by atoms with Gasteiger partial charge in [-0.05, 0) is 42.5 Å². The van der Waals surface area contributed by atoms with Gasteiger partial charge in [-0.25, -0.2) is 9.97 Å². The molecule has 4 aromatic heterocycles. The van der Waals surface area contributed by atoms with Crippen LogP contribution in [0.15, 0.2) is 140 Å². The molecule has 0 N–H and O–H groups in total. The van der Waals surface area contributed by atoms with Crippen molar-refractivity contribution in [2.45, 2.75) is 0 Å². The largest absolute Gasteiger partial charge is 0.309 e. The van der Waals surface area contributed by atoms with E-state index >= 15 is 0 Å². The monoisotopic (exact) mass is 609 g/mol. The van der Waals surface area contributed by atoms with Crippen molar-refractivity contribution in [3.63, 3.8) is 0 Å². The Balaban J connectivity index is 1.19. The summed E-state index contributed by atoms with van der Waals surface area (Å²) in [5.41, 5.74) is 6.64. The minimum atomic E-state index is 0.753. The number of nitrogens with zero attached hydrogens (tertiary/aromatic N) is 3. The van der Waals surface area contributed by atoms with Gasteiger partial charge < -0.3 is 4.57 Å². The van der Waals surface area contributed by atoms with Gasteiger partial charge in [-0.1, -0.05) is 97.1 Å². The fourth-order valence-electron chi connectivity index (χ4n) is 6.78. The van der Waals surface area contributed by atoms with Crippen molar-refractivity contribution < 1.29 is 0 Å². The summed E-state index contributed by atoms with van der Waals surface area (Å²) in [6, 6.07) is 50.0. The molecule has 0 aliphatic heterocycles. The van der Waals surface area contributed by atoms with E-state index in [1.165, 1.54) is 52.1 Å². The fourth-order valence-corrected chi connectivity index (χ4v) is 8.98. The molecule has 45 heavy (non-hydrogen) atoms. The van der Waals surface area contributed by atoms with Crippen molar-refractivity contribution in [1.29, 1.82) is 0 Å². The SMILES string of the molecule is c1ccc(-c2nc(-c3ccc(-n4c5ccccc5c5cc6c(cc54)sc4ccccc46)cc3)c3c(n2)sc2ccccc23)cc1. The summed E-state index contributed by atoms with van der Waals surface area (Å²) in [6.07, 6.45) is 0. The molecule has 5 heteroatoms. The number of thiophene rings is 2. The highest BCUT2D eigenvalue weighted by Crippen LogP contribution is 2.42. The second-order valence-electron chi connectivity index (χ2n) is 11.4. The molecule has 10 rings (SSSR count). The van der Waals surface area contributed by atoms with Gasteiger partial charge in [-0.15, -0.1) is 22.7 Å². The van der Waals surface area contributed by atoms with Crippen molar-refractivity contribution in [2.75, 3.05) is 0 Å². The average molecular weight is 610 g/mol. The van der Waals surface area contributed by atoms with Crippen LogP contribution in [0.2, 0.25) is 0 Å². The van der Waals surface area contributed by atoms with Gasteiger partial charge in [-0.2, -0.15) is 0 Å². The first-order valence-corrected chi connectivity index (χ1v) is 16.6. The Morgan fingerprint density at radius 3 is 1.96 bits per heavy atom. The van der Waals surface area contributed by atoms with Crippen molar-refractivity contribution in [2.24, 2.45) is 0 Å². The molecule has 0 atom stereocenters. The predicted molar refractivity (Wildman–Crippen MR) is 193 cm³/mol. The van der Waals surface area contributed by atoms with E-state index in [0.717, 1.165) is 38.5 Å². The molecule has 210 valence electrons. The Morgan fingerprint density at radius 1 is 0.444 bits per heavy atom. The van der Waals surface area contributed by atoms with Crippen LogP contribution in [0.3, 0.4) is 0 Å². The molecule has 0 aliphatic carbocycles. The Bertz CT molecular complexity index is 2750. The number of aromatic nitrogens is 3. The van der Waals surface area contributed by atoms with Gasteiger partial charge in [0.2, 0.25) is 0 Å². The second kappa shape index (κ2) is 9.57. The van der Waals surface area contributed by atoms with Crippen molar-refractivity contribution in [3.05, 3.63) is 140 Å². The molecular weight excluding hydrogens is 587 g/mol. The summed E-state index contributed by atoms with van der Waals surface area (Å²) < 4.78 is 6.27. The third-order valence-electron chi connectivity index (χ3n) is 8.84. The maximum atomic E-state index is 5.20. The van der Waals surface area contributed by atoms with Gasteiger partial charge in [-0.3, -0.25) is 0 Å². The van der Waals surface area contributed by atoms with Crippen LogP contribution < -0.4 is 0 Å². The Labute approximate surface area is 266 Å². The molecular formula is C40H23N3S2. The zero-order chi connectivity index (χ0) is 29.5. The number of rotatable bonds is 3. The lowest BCUT2D eigenvalue weighted by Crippen LogP contribution is -1.96. The highest BCUT2D eigenvalue weighted by molar-refractivity contribution is 7.26.